The second-order valence-electron chi connectivity index (χ2n) is 4.09. The van der Waals surface area contributed by atoms with E-state index in [0.29, 0.717) is 6.61 Å². The van der Waals surface area contributed by atoms with E-state index in [1.807, 2.05) is 0 Å². The molecule has 0 aliphatic rings. The lowest BCUT2D eigenvalue weighted by atomic mass is 10.2. The van der Waals surface area contributed by atoms with Crippen molar-refractivity contribution in [1.29, 1.82) is 0 Å². The van der Waals surface area contributed by atoms with Crippen LogP contribution in [-0.4, -0.2) is 17.5 Å². The van der Waals surface area contributed by atoms with Gasteiger partial charge in [0.15, 0.2) is 0 Å². The molecular weight excluding hydrogens is 314 g/mol. The minimum Gasteiger partial charge on any atom is -0.462 e. The molecule has 0 aliphatic heterocycles. The van der Waals surface area contributed by atoms with Crippen LogP contribution in [0.15, 0.2) is 22.7 Å². The molecule has 1 rings (SSSR count). The molecule has 0 fully saturated rings. The lowest BCUT2D eigenvalue weighted by molar-refractivity contribution is -0.385. The first-order chi connectivity index (χ1) is 9.07. The summed E-state index contributed by atoms with van der Waals surface area (Å²) in [6.07, 6.45) is 4.05. The van der Waals surface area contributed by atoms with Gasteiger partial charge in [-0.2, -0.15) is 0 Å². The molecule has 0 amide bonds. The van der Waals surface area contributed by atoms with Gasteiger partial charge in [-0.1, -0.05) is 32.3 Å². The molecule has 0 spiro atoms. The van der Waals surface area contributed by atoms with Crippen molar-refractivity contribution in [2.45, 2.75) is 32.6 Å². The second-order valence-corrected chi connectivity index (χ2v) is 4.89. The van der Waals surface area contributed by atoms with Gasteiger partial charge in [0.25, 0.3) is 5.69 Å². The molecule has 19 heavy (non-hydrogen) atoms. The van der Waals surface area contributed by atoms with E-state index in [-0.39, 0.29) is 15.7 Å². The Labute approximate surface area is 120 Å². The fourth-order valence-electron chi connectivity index (χ4n) is 1.59. The van der Waals surface area contributed by atoms with E-state index in [1.54, 1.807) is 0 Å². The topological polar surface area (TPSA) is 69.4 Å². The average molecular weight is 330 g/mol. The maximum absolute atomic E-state index is 11.8. The zero-order valence-corrected chi connectivity index (χ0v) is 12.3. The molecule has 6 heteroatoms. The molecular formula is C13H16BrNO4. The molecule has 104 valence electrons. The van der Waals surface area contributed by atoms with Crippen LogP contribution < -0.4 is 0 Å². The summed E-state index contributed by atoms with van der Waals surface area (Å²) in [7, 11) is 0. The van der Waals surface area contributed by atoms with Gasteiger partial charge in [0, 0.05) is 6.07 Å². The van der Waals surface area contributed by atoms with E-state index in [4.69, 9.17) is 4.74 Å². The first-order valence-electron chi connectivity index (χ1n) is 6.18. The first kappa shape index (κ1) is 15.6. The Morgan fingerprint density at radius 2 is 2.11 bits per heavy atom. The van der Waals surface area contributed by atoms with E-state index in [9.17, 15) is 14.9 Å². The lowest BCUT2D eigenvalue weighted by Gasteiger charge is -2.06. The summed E-state index contributed by atoms with van der Waals surface area (Å²) in [4.78, 5) is 22.0. The van der Waals surface area contributed by atoms with Crippen LogP contribution in [0.5, 0.6) is 0 Å². The minimum atomic E-state index is -0.540. The van der Waals surface area contributed by atoms with Gasteiger partial charge in [-0.05, 0) is 28.4 Å². The number of ether oxygens (including phenoxy) is 1. The van der Waals surface area contributed by atoms with Gasteiger partial charge in [-0.25, -0.2) is 4.79 Å². The predicted molar refractivity (Wildman–Crippen MR) is 75.2 cm³/mol. The van der Waals surface area contributed by atoms with Crippen molar-refractivity contribution in [3.8, 4) is 0 Å². The highest BCUT2D eigenvalue weighted by Gasteiger charge is 2.20. The van der Waals surface area contributed by atoms with E-state index in [1.165, 1.54) is 18.2 Å². The monoisotopic (exact) mass is 329 g/mol. The molecule has 0 aromatic heterocycles. The van der Waals surface area contributed by atoms with Crippen LogP contribution in [0, 0.1) is 10.1 Å². The first-order valence-corrected chi connectivity index (χ1v) is 6.97. The molecule has 0 saturated heterocycles. The second kappa shape index (κ2) is 7.89. The Kier molecular flexibility index (Phi) is 6.49. The van der Waals surface area contributed by atoms with E-state index >= 15 is 0 Å². The van der Waals surface area contributed by atoms with Gasteiger partial charge < -0.3 is 4.74 Å². The highest BCUT2D eigenvalue weighted by molar-refractivity contribution is 9.10. The molecule has 0 radical (unpaired) electrons. The van der Waals surface area contributed by atoms with Gasteiger partial charge in [0.05, 0.1) is 17.1 Å². The Morgan fingerprint density at radius 3 is 2.74 bits per heavy atom. The summed E-state index contributed by atoms with van der Waals surface area (Å²) in [6.45, 7) is 2.44. The summed E-state index contributed by atoms with van der Waals surface area (Å²) < 4.78 is 5.26. The lowest BCUT2D eigenvalue weighted by Crippen LogP contribution is -2.08. The van der Waals surface area contributed by atoms with Crippen molar-refractivity contribution in [1.82, 2.24) is 0 Å². The molecule has 1 aromatic rings. The van der Waals surface area contributed by atoms with Crippen molar-refractivity contribution in [3.63, 3.8) is 0 Å². The third kappa shape index (κ3) is 4.63. The van der Waals surface area contributed by atoms with Crippen molar-refractivity contribution < 1.29 is 14.5 Å². The fraction of sp³-hybridized carbons (Fsp3) is 0.462. The summed E-state index contributed by atoms with van der Waals surface area (Å²) in [5.74, 6) is -0.535. The number of hydrogen-bond donors (Lipinski definition) is 0. The van der Waals surface area contributed by atoms with Crippen LogP contribution in [0.25, 0.3) is 0 Å². The molecule has 0 heterocycles. The molecule has 0 aliphatic carbocycles. The van der Waals surface area contributed by atoms with Crippen LogP contribution in [0.4, 0.5) is 5.69 Å². The zero-order chi connectivity index (χ0) is 14.3. The summed E-state index contributed by atoms with van der Waals surface area (Å²) in [5.41, 5.74) is 0.0464. The van der Waals surface area contributed by atoms with Crippen LogP contribution in [-0.2, 0) is 4.74 Å². The standard InChI is InChI=1S/C13H16BrNO4/c1-2-3-4-5-9-19-13(16)10-7-6-8-11(12(10)14)15(17)18/h6-8H,2-5,9H2,1H3. The molecule has 5 nitrogen and oxygen atoms in total. The number of esters is 1. The van der Waals surface area contributed by atoms with Gasteiger partial charge in [0.2, 0.25) is 0 Å². The third-order valence-corrected chi connectivity index (χ3v) is 3.46. The van der Waals surface area contributed by atoms with Crippen LogP contribution in [0.2, 0.25) is 0 Å². The quantitative estimate of drug-likeness (QED) is 0.327. The number of nitrogens with zero attached hydrogens (tertiary/aromatic N) is 1. The number of nitro groups is 1. The van der Waals surface area contributed by atoms with Gasteiger partial charge in [0.1, 0.15) is 4.47 Å². The van der Waals surface area contributed by atoms with Crippen molar-refractivity contribution in [2.24, 2.45) is 0 Å². The number of nitro benzene ring substituents is 1. The summed E-state index contributed by atoms with van der Waals surface area (Å²) in [5, 5.41) is 10.8. The van der Waals surface area contributed by atoms with E-state index < -0.39 is 10.9 Å². The minimum absolute atomic E-state index is 0.138. The van der Waals surface area contributed by atoms with Crippen molar-refractivity contribution >= 4 is 27.6 Å². The van der Waals surface area contributed by atoms with Crippen LogP contribution in [0.3, 0.4) is 0 Å². The third-order valence-electron chi connectivity index (χ3n) is 2.63. The predicted octanol–water partition coefficient (Wildman–Crippen LogP) is 4.09. The fourth-order valence-corrected chi connectivity index (χ4v) is 2.16. The largest absolute Gasteiger partial charge is 0.462 e. The average Bonchev–Trinajstić information content (AvgIpc) is 2.38. The number of carbonyl (C=O) groups excluding carboxylic acids is 1. The van der Waals surface area contributed by atoms with Gasteiger partial charge in [-0.3, -0.25) is 10.1 Å². The number of benzene rings is 1. The highest BCUT2D eigenvalue weighted by atomic mass is 79.9. The molecule has 0 unspecified atom stereocenters. The van der Waals surface area contributed by atoms with Crippen LogP contribution in [0.1, 0.15) is 43.0 Å². The van der Waals surface area contributed by atoms with Crippen molar-refractivity contribution in [2.75, 3.05) is 6.61 Å². The molecule has 0 atom stereocenters. The number of halogens is 1. The SMILES string of the molecule is CCCCCCOC(=O)c1cccc([N+](=O)[O-])c1Br. The Balaban J connectivity index is 2.62. The summed E-state index contributed by atoms with van der Waals surface area (Å²) in [6, 6.07) is 4.31. The normalized spacial score (nSPS) is 10.2. The molecule has 1 aromatic carbocycles. The molecule has 0 saturated carbocycles. The Hall–Kier alpha value is -1.43. The van der Waals surface area contributed by atoms with Crippen molar-refractivity contribution in [3.05, 3.63) is 38.3 Å². The smallest absolute Gasteiger partial charge is 0.339 e. The zero-order valence-electron chi connectivity index (χ0n) is 10.7. The van der Waals surface area contributed by atoms with E-state index in [2.05, 4.69) is 22.9 Å². The van der Waals surface area contributed by atoms with Gasteiger partial charge >= 0.3 is 5.97 Å². The molecule has 0 N–H and O–H groups in total. The maximum Gasteiger partial charge on any atom is 0.339 e. The number of rotatable bonds is 7. The van der Waals surface area contributed by atoms with Crippen LogP contribution >= 0.6 is 15.9 Å². The maximum atomic E-state index is 11.8. The Morgan fingerprint density at radius 1 is 1.37 bits per heavy atom. The number of carbonyl (C=O) groups is 1. The number of hydrogen-bond acceptors (Lipinski definition) is 4. The Bertz CT molecular complexity index is 462. The summed E-state index contributed by atoms with van der Waals surface area (Å²) >= 11 is 3.07. The molecule has 0 bridgehead atoms. The number of unbranched alkanes of at least 4 members (excludes halogenated alkanes) is 3. The van der Waals surface area contributed by atoms with E-state index in [0.717, 1.165) is 25.7 Å². The highest BCUT2D eigenvalue weighted by Crippen LogP contribution is 2.28. The van der Waals surface area contributed by atoms with Gasteiger partial charge in [-0.15, -0.1) is 0 Å².